The van der Waals surface area contributed by atoms with Crippen molar-refractivity contribution < 1.29 is 12.8 Å². The number of nitrogens with one attached hydrogen (secondary N) is 1. The molecule has 0 amide bonds. The van der Waals surface area contributed by atoms with Gasteiger partial charge < -0.3 is 5.32 Å². The molecule has 0 saturated carbocycles. The van der Waals surface area contributed by atoms with Crippen LogP contribution < -0.4 is 10.5 Å². The summed E-state index contributed by atoms with van der Waals surface area (Å²) in [5.74, 6) is -0.434. The van der Waals surface area contributed by atoms with Gasteiger partial charge in [0, 0.05) is 12.1 Å². The van der Waals surface area contributed by atoms with Gasteiger partial charge in [-0.05, 0) is 31.2 Å². The molecular weight excluding hydrogens is 231 g/mol. The Kier molecular flexibility index (Phi) is 4.40. The van der Waals surface area contributed by atoms with Crippen LogP contribution in [0.2, 0.25) is 0 Å². The van der Waals surface area contributed by atoms with E-state index in [1.54, 1.807) is 0 Å². The summed E-state index contributed by atoms with van der Waals surface area (Å²) < 4.78 is 35.4. The van der Waals surface area contributed by atoms with Crippen LogP contribution >= 0.6 is 0 Å². The van der Waals surface area contributed by atoms with Crippen molar-refractivity contribution in [3.05, 3.63) is 29.6 Å². The third kappa shape index (κ3) is 3.55. The van der Waals surface area contributed by atoms with Gasteiger partial charge in [0.1, 0.15) is 5.82 Å². The molecule has 0 saturated heterocycles. The summed E-state index contributed by atoms with van der Waals surface area (Å²) in [5, 5.41) is 7.96. The summed E-state index contributed by atoms with van der Waals surface area (Å²) in [6.45, 7) is 3.03. The van der Waals surface area contributed by atoms with Gasteiger partial charge in [0.25, 0.3) is 0 Å². The highest BCUT2D eigenvalue weighted by Crippen LogP contribution is 2.13. The van der Waals surface area contributed by atoms with Crippen molar-refractivity contribution in [3.8, 4) is 0 Å². The van der Waals surface area contributed by atoms with E-state index in [-0.39, 0.29) is 4.90 Å². The number of nitrogens with two attached hydrogens (primary N) is 1. The van der Waals surface area contributed by atoms with E-state index in [9.17, 15) is 12.8 Å². The Hall–Kier alpha value is -0.980. The predicted molar refractivity (Wildman–Crippen MR) is 59.8 cm³/mol. The SMILES string of the molecule is CCCNCc1cc(S(N)(=O)=O)ccc1F. The van der Waals surface area contributed by atoms with Crippen LogP contribution in [0.5, 0.6) is 0 Å². The fourth-order valence-electron chi connectivity index (χ4n) is 1.26. The van der Waals surface area contributed by atoms with Crippen LogP contribution in [0, 0.1) is 5.82 Å². The minimum absolute atomic E-state index is 0.0674. The van der Waals surface area contributed by atoms with Crippen LogP contribution in [-0.4, -0.2) is 15.0 Å². The first-order valence-electron chi connectivity index (χ1n) is 4.97. The summed E-state index contributed by atoms with van der Waals surface area (Å²) in [5.41, 5.74) is 0.306. The van der Waals surface area contributed by atoms with Crippen molar-refractivity contribution in [1.82, 2.24) is 5.32 Å². The van der Waals surface area contributed by atoms with Crippen LogP contribution in [0.4, 0.5) is 4.39 Å². The lowest BCUT2D eigenvalue weighted by atomic mass is 10.2. The van der Waals surface area contributed by atoms with E-state index in [1.165, 1.54) is 6.07 Å². The first kappa shape index (κ1) is 13.1. The summed E-state index contributed by atoms with van der Waals surface area (Å²) >= 11 is 0. The normalized spacial score (nSPS) is 11.7. The zero-order valence-electron chi connectivity index (χ0n) is 9.03. The molecular formula is C10H15FN2O2S. The van der Waals surface area contributed by atoms with Crippen LogP contribution in [-0.2, 0) is 16.6 Å². The fraction of sp³-hybridized carbons (Fsp3) is 0.400. The van der Waals surface area contributed by atoms with Crippen molar-refractivity contribution in [2.24, 2.45) is 5.14 Å². The molecule has 3 N–H and O–H groups in total. The van der Waals surface area contributed by atoms with E-state index in [4.69, 9.17) is 5.14 Å². The molecule has 0 aliphatic heterocycles. The van der Waals surface area contributed by atoms with Crippen LogP contribution in [0.25, 0.3) is 0 Å². The molecule has 0 atom stereocenters. The molecule has 0 aliphatic rings. The number of halogens is 1. The summed E-state index contributed by atoms with van der Waals surface area (Å²) in [4.78, 5) is -0.0674. The second-order valence-electron chi connectivity index (χ2n) is 3.48. The number of sulfonamides is 1. The number of benzene rings is 1. The minimum Gasteiger partial charge on any atom is -0.313 e. The van der Waals surface area contributed by atoms with Crippen LogP contribution in [0.15, 0.2) is 23.1 Å². The molecule has 16 heavy (non-hydrogen) atoms. The monoisotopic (exact) mass is 246 g/mol. The summed E-state index contributed by atoms with van der Waals surface area (Å²) in [7, 11) is -3.77. The van der Waals surface area contributed by atoms with Crippen LogP contribution in [0.1, 0.15) is 18.9 Å². The molecule has 4 nitrogen and oxygen atoms in total. The first-order chi connectivity index (χ1) is 7.45. The molecule has 1 rings (SSSR count). The summed E-state index contributed by atoms with van der Waals surface area (Å²) in [6.07, 6.45) is 0.927. The zero-order chi connectivity index (χ0) is 12.2. The maximum Gasteiger partial charge on any atom is 0.238 e. The maximum absolute atomic E-state index is 13.3. The van der Waals surface area contributed by atoms with E-state index < -0.39 is 15.8 Å². The Labute approximate surface area is 94.7 Å². The van der Waals surface area contributed by atoms with Gasteiger partial charge in [-0.1, -0.05) is 6.92 Å². The van der Waals surface area contributed by atoms with Gasteiger partial charge >= 0.3 is 0 Å². The third-order valence-corrected chi connectivity index (χ3v) is 3.00. The molecule has 0 heterocycles. The number of rotatable bonds is 5. The smallest absolute Gasteiger partial charge is 0.238 e. The lowest BCUT2D eigenvalue weighted by Gasteiger charge is -2.06. The highest BCUT2D eigenvalue weighted by molar-refractivity contribution is 7.89. The largest absolute Gasteiger partial charge is 0.313 e. The van der Waals surface area contributed by atoms with Gasteiger partial charge in [-0.2, -0.15) is 0 Å². The fourth-order valence-corrected chi connectivity index (χ4v) is 1.83. The van der Waals surface area contributed by atoms with Crippen molar-refractivity contribution in [2.75, 3.05) is 6.54 Å². The Morgan fingerprint density at radius 2 is 2.12 bits per heavy atom. The van der Waals surface area contributed by atoms with Gasteiger partial charge in [0.05, 0.1) is 4.90 Å². The minimum atomic E-state index is -3.77. The summed E-state index contributed by atoms with van der Waals surface area (Å²) in [6, 6.07) is 3.53. The van der Waals surface area contributed by atoms with Crippen molar-refractivity contribution in [1.29, 1.82) is 0 Å². The predicted octanol–water partition coefficient (Wildman–Crippen LogP) is 0.973. The Morgan fingerprint density at radius 3 is 2.69 bits per heavy atom. The Bertz CT molecular complexity index is 460. The molecule has 0 aromatic heterocycles. The average molecular weight is 246 g/mol. The van der Waals surface area contributed by atoms with Gasteiger partial charge in [0.15, 0.2) is 0 Å². The highest BCUT2D eigenvalue weighted by atomic mass is 32.2. The van der Waals surface area contributed by atoms with E-state index >= 15 is 0 Å². The van der Waals surface area contributed by atoms with E-state index in [2.05, 4.69) is 5.32 Å². The molecule has 0 radical (unpaired) electrons. The van der Waals surface area contributed by atoms with Crippen molar-refractivity contribution in [3.63, 3.8) is 0 Å². The molecule has 1 aromatic carbocycles. The Morgan fingerprint density at radius 1 is 1.44 bits per heavy atom. The zero-order valence-corrected chi connectivity index (χ0v) is 9.85. The second-order valence-corrected chi connectivity index (χ2v) is 5.04. The standard InChI is InChI=1S/C10H15FN2O2S/c1-2-5-13-7-8-6-9(16(12,14)15)3-4-10(8)11/h3-4,6,13H,2,5,7H2,1H3,(H2,12,14,15). The molecule has 0 fully saturated rings. The van der Waals surface area contributed by atoms with Crippen LogP contribution in [0.3, 0.4) is 0 Å². The molecule has 0 spiro atoms. The number of hydrogen-bond donors (Lipinski definition) is 2. The Balaban J connectivity index is 2.91. The van der Waals surface area contributed by atoms with Gasteiger partial charge in [-0.3, -0.25) is 0 Å². The molecule has 90 valence electrons. The first-order valence-corrected chi connectivity index (χ1v) is 6.51. The van der Waals surface area contributed by atoms with E-state index in [0.29, 0.717) is 12.1 Å². The maximum atomic E-state index is 13.3. The molecule has 6 heteroatoms. The lowest BCUT2D eigenvalue weighted by Crippen LogP contribution is -2.17. The number of hydrogen-bond acceptors (Lipinski definition) is 3. The van der Waals surface area contributed by atoms with Crippen molar-refractivity contribution in [2.45, 2.75) is 24.8 Å². The third-order valence-electron chi connectivity index (χ3n) is 2.09. The lowest BCUT2D eigenvalue weighted by molar-refractivity contribution is 0.580. The molecule has 1 aromatic rings. The van der Waals surface area contributed by atoms with Gasteiger partial charge in [-0.15, -0.1) is 0 Å². The topological polar surface area (TPSA) is 72.2 Å². The quantitative estimate of drug-likeness (QED) is 0.760. The molecule has 0 unspecified atom stereocenters. The molecule has 0 bridgehead atoms. The second kappa shape index (κ2) is 5.38. The van der Waals surface area contributed by atoms with Gasteiger partial charge in [0.2, 0.25) is 10.0 Å². The van der Waals surface area contributed by atoms with E-state index in [0.717, 1.165) is 25.1 Å². The average Bonchev–Trinajstić information content (AvgIpc) is 2.19. The van der Waals surface area contributed by atoms with Gasteiger partial charge in [-0.25, -0.2) is 17.9 Å². The number of primary sulfonamides is 1. The van der Waals surface area contributed by atoms with E-state index in [1.807, 2.05) is 6.92 Å². The molecule has 0 aliphatic carbocycles. The van der Waals surface area contributed by atoms with Crippen molar-refractivity contribution >= 4 is 10.0 Å². The highest BCUT2D eigenvalue weighted by Gasteiger charge is 2.11.